The Hall–Kier alpha value is -2.04. The van der Waals surface area contributed by atoms with Crippen LogP contribution in [0.3, 0.4) is 0 Å². The molecular formula is C14H21N3O2. The highest BCUT2D eigenvalue weighted by Gasteiger charge is 2.17. The van der Waals surface area contributed by atoms with Gasteiger partial charge in [0.1, 0.15) is 6.04 Å². The van der Waals surface area contributed by atoms with Crippen LogP contribution in [0, 0.1) is 0 Å². The molecule has 1 unspecified atom stereocenters. The van der Waals surface area contributed by atoms with E-state index in [2.05, 4.69) is 5.32 Å². The molecule has 1 rings (SSSR count). The van der Waals surface area contributed by atoms with E-state index in [1.165, 1.54) is 0 Å². The van der Waals surface area contributed by atoms with E-state index in [1.54, 1.807) is 29.2 Å². The van der Waals surface area contributed by atoms with Gasteiger partial charge >= 0.3 is 0 Å². The van der Waals surface area contributed by atoms with Crippen LogP contribution in [0.15, 0.2) is 24.3 Å². The molecule has 0 aromatic heterocycles. The van der Waals surface area contributed by atoms with Crippen LogP contribution in [0.25, 0.3) is 0 Å². The zero-order valence-corrected chi connectivity index (χ0v) is 11.6. The summed E-state index contributed by atoms with van der Waals surface area (Å²) < 4.78 is 0. The number of hydrogen-bond acceptors (Lipinski definition) is 3. The molecule has 5 nitrogen and oxygen atoms in total. The number of nitrogens with two attached hydrogens (primary N) is 1. The minimum atomic E-state index is -0.459. The normalized spacial score (nSPS) is 11.7. The monoisotopic (exact) mass is 263 g/mol. The van der Waals surface area contributed by atoms with Crippen LogP contribution in [-0.2, 0) is 4.79 Å². The first-order chi connectivity index (χ1) is 8.99. The fourth-order valence-corrected chi connectivity index (χ4v) is 1.85. The molecule has 3 N–H and O–H groups in total. The van der Waals surface area contributed by atoms with E-state index in [9.17, 15) is 9.59 Å². The van der Waals surface area contributed by atoms with E-state index >= 15 is 0 Å². The molecule has 0 saturated heterocycles. The molecule has 1 atom stereocenters. The first-order valence-electron chi connectivity index (χ1n) is 6.44. The molecule has 1 aromatic rings. The average Bonchev–Trinajstić information content (AvgIpc) is 2.40. The summed E-state index contributed by atoms with van der Waals surface area (Å²) in [6, 6.07) is 6.45. The van der Waals surface area contributed by atoms with E-state index < -0.39 is 5.91 Å². The van der Waals surface area contributed by atoms with Crippen LogP contribution in [0.1, 0.15) is 31.1 Å². The van der Waals surface area contributed by atoms with Gasteiger partial charge in [-0.1, -0.05) is 0 Å². The van der Waals surface area contributed by atoms with Gasteiger partial charge in [-0.05, 0) is 45.0 Å². The smallest absolute Gasteiger partial charge is 0.248 e. The van der Waals surface area contributed by atoms with E-state index in [1.807, 2.05) is 20.8 Å². The second kappa shape index (κ2) is 6.78. The van der Waals surface area contributed by atoms with Crippen LogP contribution in [0.4, 0.5) is 5.69 Å². The van der Waals surface area contributed by atoms with E-state index in [-0.39, 0.29) is 11.9 Å². The second-order valence-corrected chi connectivity index (χ2v) is 4.32. The van der Waals surface area contributed by atoms with Gasteiger partial charge in [-0.3, -0.25) is 9.59 Å². The third-order valence-corrected chi connectivity index (χ3v) is 3.00. The molecule has 104 valence electrons. The highest BCUT2D eigenvalue weighted by atomic mass is 16.2. The van der Waals surface area contributed by atoms with Gasteiger partial charge in [-0.25, -0.2) is 0 Å². The highest BCUT2D eigenvalue weighted by molar-refractivity contribution is 5.93. The molecule has 0 aliphatic carbocycles. The molecule has 0 radical (unpaired) electrons. The van der Waals surface area contributed by atoms with Crippen molar-refractivity contribution in [3.05, 3.63) is 29.8 Å². The number of benzene rings is 1. The summed E-state index contributed by atoms with van der Waals surface area (Å²) in [7, 11) is 0. The van der Waals surface area contributed by atoms with Crippen molar-refractivity contribution in [2.45, 2.75) is 26.8 Å². The third-order valence-electron chi connectivity index (χ3n) is 3.00. The zero-order chi connectivity index (χ0) is 14.4. The van der Waals surface area contributed by atoms with Crippen LogP contribution < -0.4 is 11.1 Å². The Morgan fingerprint density at radius 3 is 2.16 bits per heavy atom. The molecule has 5 heteroatoms. The van der Waals surface area contributed by atoms with Crippen molar-refractivity contribution in [3.63, 3.8) is 0 Å². The lowest BCUT2D eigenvalue weighted by Crippen LogP contribution is -2.41. The molecule has 0 saturated carbocycles. The third kappa shape index (κ3) is 3.98. The fourth-order valence-electron chi connectivity index (χ4n) is 1.85. The van der Waals surface area contributed by atoms with Crippen molar-refractivity contribution in [2.24, 2.45) is 5.73 Å². The van der Waals surface area contributed by atoms with Gasteiger partial charge in [0.25, 0.3) is 0 Å². The number of likely N-dealkylation sites (N-methyl/N-ethyl adjacent to an activating group) is 1. The first-order valence-corrected chi connectivity index (χ1v) is 6.44. The molecule has 0 bridgehead atoms. The summed E-state index contributed by atoms with van der Waals surface area (Å²) in [5.74, 6) is -0.400. The van der Waals surface area contributed by atoms with Crippen molar-refractivity contribution in [1.29, 1.82) is 0 Å². The first kappa shape index (κ1) is 15.0. The van der Waals surface area contributed by atoms with Crippen LogP contribution >= 0.6 is 0 Å². The number of hydrogen-bond donors (Lipinski definition) is 2. The predicted molar refractivity (Wildman–Crippen MR) is 76.0 cm³/mol. The zero-order valence-electron chi connectivity index (χ0n) is 11.6. The largest absolute Gasteiger partial charge is 0.374 e. The predicted octanol–water partition coefficient (Wildman–Crippen LogP) is 1.45. The standard InChI is InChI=1S/C14H21N3O2/c1-4-17(5-2)14(19)10(3)16-12-8-6-11(7-9-12)13(15)18/h6-10,16H,4-5H2,1-3H3,(H2,15,18). The molecule has 0 aliphatic rings. The number of nitrogens with zero attached hydrogens (tertiary/aromatic N) is 1. The highest BCUT2D eigenvalue weighted by Crippen LogP contribution is 2.11. The van der Waals surface area contributed by atoms with Gasteiger partial charge in [0, 0.05) is 24.3 Å². The Balaban J connectivity index is 2.68. The maximum Gasteiger partial charge on any atom is 0.248 e. The van der Waals surface area contributed by atoms with Gasteiger partial charge < -0.3 is 16.0 Å². The summed E-state index contributed by atoms with van der Waals surface area (Å²) in [5.41, 5.74) is 6.41. The summed E-state index contributed by atoms with van der Waals surface area (Å²) in [6.45, 7) is 7.12. The molecule has 0 heterocycles. The number of amides is 2. The van der Waals surface area contributed by atoms with Crippen molar-refractivity contribution in [1.82, 2.24) is 4.90 Å². The van der Waals surface area contributed by atoms with Crippen molar-refractivity contribution >= 4 is 17.5 Å². The lowest BCUT2D eigenvalue weighted by molar-refractivity contribution is -0.131. The van der Waals surface area contributed by atoms with Crippen LogP contribution in [0.5, 0.6) is 0 Å². The molecule has 0 fully saturated rings. The molecule has 0 spiro atoms. The van der Waals surface area contributed by atoms with Gasteiger partial charge in [-0.2, -0.15) is 0 Å². The molecular weight excluding hydrogens is 242 g/mol. The number of primary amides is 1. The topological polar surface area (TPSA) is 75.4 Å². The Labute approximate surface area is 113 Å². The second-order valence-electron chi connectivity index (χ2n) is 4.32. The SMILES string of the molecule is CCN(CC)C(=O)C(C)Nc1ccc(C(N)=O)cc1. The Bertz CT molecular complexity index is 439. The Kier molecular flexibility index (Phi) is 5.36. The number of nitrogens with one attached hydrogen (secondary N) is 1. The van der Waals surface area contributed by atoms with E-state index in [4.69, 9.17) is 5.73 Å². The maximum absolute atomic E-state index is 12.1. The lowest BCUT2D eigenvalue weighted by Gasteiger charge is -2.24. The van der Waals surface area contributed by atoms with Gasteiger partial charge in [0.2, 0.25) is 11.8 Å². The number of anilines is 1. The molecule has 1 aromatic carbocycles. The van der Waals surface area contributed by atoms with Crippen molar-refractivity contribution in [2.75, 3.05) is 18.4 Å². The number of carbonyl (C=O) groups is 2. The van der Waals surface area contributed by atoms with Gasteiger partial charge in [-0.15, -0.1) is 0 Å². The maximum atomic E-state index is 12.1. The molecule has 0 aliphatic heterocycles. The van der Waals surface area contributed by atoms with Crippen LogP contribution in [-0.4, -0.2) is 35.8 Å². The Morgan fingerprint density at radius 2 is 1.74 bits per heavy atom. The van der Waals surface area contributed by atoms with E-state index in [0.29, 0.717) is 18.7 Å². The average molecular weight is 263 g/mol. The van der Waals surface area contributed by atoms with Crippen molar-refractivity contribution < 1.29 is 9.59 Å². The summed E-state index contributed by atoms with van der Waals surface area (Å²) >= 11 is 0. The lowest BCUT2D eigenvalue weighted by atomic mass is 10.2. The number of rotatable bonds is 6. The van der Waals surface area contributed by atoms with Crippen LogP contribution in [0.2, 0.25) is 0 Å². The quantitative estimate of drug-likeness (QED) is 0.815. The fraction of sp³-hybridized carbons (Fsp3) is 0.429. The van der Waals surface area contributed by atoms with Gasteiger partial charge in [0.05, 0.1) is 0 Å². The minimum Gasteiger partial charge on any atom is -0.374 e. The van der Waals surface area contributed by atoms with Crippen molar-refractivity contribution in [3.8, 4) is 0 Å². The summed E-state index contributed by atoms with van der Waals surface area (Å²) in [6.07, 6.45) is 0. The van der Waals surface area contributed by atoms with Gasteiger partial charge in [0.15, 0.2) is 0 Å². The number of carbonyl (C=O) groups excluding carboxylic acids is 2. The minimum absolute atomic E-state index is 0.0592. The Morgan fingerprint density at radius 1 is 1.21 bits per heavy atom. The molecule has 19 heavy (non-hydrogen) atoms. The summed E-state index contributed by atoms with van der Waals surface area (Å²) in [5, 5.41) is 3.11. The summed E-state index contributed by atoms with van der Waals surface area (Å²) in [4.78, 5) is 24.8. The molecule has 2 amide bonds. The van der Waals surface area contributed by atoms with E-state index in [0.717, 1.165) is 5.69 Å².